The molecule has 1 aromatic carbocycles. The Balaban J connectivity index is 1.13. The van der Waals surface area contributed by atoms with Crippen LogP contribution in [0.5, 0.6) is 0 Å². The van der Waals surface area contributed by atoms with Crippen molar-refractivity contribution in [3.8, 4) is 5.82 Å². The molecule has 0 radical (unpaired) electrons. The zero-order valence-corrected chi connectivity index (χ0v) is 21.1. The van der Waals surface area contributed by atoms with Crippen molar-refractivity contribution in [3.05, 3.63) is 70.9 Å². The maximum Gasteiger partial charge on any atom is 0.417 e. The first kappa shape index (κ1) is 24.6. The van der Waals surface area contributed by atoms with Gasteiger partial charge in [-0.1, -0.05) is 0 Å². The fourth-order valence-electron chi connectivity index (χ4n) is 5.53. The lowest BCUT2D eigenvalue weighted by atomic mass is 9.83. The number of aromatic nitrogens is 3. The van der Waals surface area contributed by atoms with Crippen LogP contribution in [-0.2, 0) is 11.0 Å². The molecule has 0 bridgehead atoms. The Morgan fingerprint density at radius 1 is 1.03 bits per heavy atom. The van der Waals surface area contributed by atoms with Gasteiger partial charge in [-0.05, 0) is 61.1 Å². The number of alkyl halides is 3. The summed E-state index contributed by atoms with van der Waals surface area (Å²) in [6.45, 7) is 1.98. The van der Waals surface area contributed by atoms with E-state index in [1.807, 2.05) is 34.1 Å². The molecule has 0 spiro atoms. The maximum absolute atomic E-state index is 13.0. The van der Waals surface area contributed by atoms with Gasteiger partial charge in [0.2, 0.25) is 5.91 Å². The van der Waals surface area contributed by atoms with Crippen LogP contribution in [-0.4, -0.2) is 50.9 Å². The molecule has 2 aliphatic heterocycles. The van der Waals surface area contributed by atoms with Crippen molar-refractivity contribution in [1.82, 2.24) is 19.4 Å². The van der Waals surface area contributed by atoms with Crippen LogP contribution >= 0.6 is 11.3 Å². The van der Waals surface area contributed by atoms with Crippen LogP contribution in [0.15, 0.2) is 60.4 Å². The molecular weight excluding hydrogens is 515 g/mol. The third-order valence-electron chi connectivity index (χ3n) is 7.57. The number of anilines is 1. The third kappa shape index (κ3) is 4.55. The summed E-state index contributed by atoms with van der Waals surface area (Å²) >= 11 is 1.35. The molecule has 38 heavy (non-hydrogen) atoms. The summed E-state index contributed by atoms with van der Waals surface area (Å²) < 4.78 is 40.4. The number of hydrogen-bond acceptors (Lipinski definition) is 5. The lowest BCUT2D eigenvalue weighted by Gasteiger charge is -2.34. The van der Waals surface area contributed by atoms with E-state index in [1.54, 1.807) is 22.3 Å². The van der Waals surface area contributed by atoms with E-state index in [0.29, 0.717) is 42.8 Å². The van der Waals surface area contributed by atoms with Crippen molar-refractivity contribution in [3.63, 3.8) is 0 Å². The Bertz CT molecular complexity index is 1470. The largest absolute Gasteiger partial charge is 0.417 e. The van der Waals surface area contributed by atoms with Gasteiger partial charge in [0, 0.05) is 61.1 Å². The summed E-state index contributed by atoms with van der Waals surface area (Å²) in [5.41, 5.74) is 0.805. The summed E-state index contributed by atoms with van der Waals surface area (Å²) in [7, 11) is 0. The molecule has 11 heteroatoms. The number of likely N-dealkylation sites (tertiary alicyclic amines) is 1. The smallest absolute Gasteiger partial charge is 0.337 e. The summed E-state index contributed by atoms with van der Waals surface area (Å²) in [6.07, 6.45) is 2.02. The van der Waals surface area contributed by atoms with Gasteiger partial charge in [0.25, 0.3) is 5.91 Å². The summed E-state index contributed by atoms with van der Waals surface area (Å²) in [6, 6.07) is 9.91. The minimum absolute atomic E-state index is 0.0192. The predicted octanol–water partition coefficient (Wildman–Crippen LogP) is 5.41. The number of pyridine rings is 1. The minimum atomic E-state index is -4.44. The number of carbonyl (C=O) groups excluding carboxylic acids is 2. The van der Waals surface area contributed by atoms with Crippen LogP contribution in [0, 0.1) is 11.8 Å². The summed E-state index contributed by atoms with van der Waals surface area (Å²) in [5, 5.41) is 3.19. The highest BCUT2D eigenvalue weighted by molar-refractivity contribution is 7.11. The van der Waals surface area contributed by atoms with Gasteiger partial charge in [-0.25, -0.2) is 9.97 Å². The van der Waals surface area contributed by atoms with Gasteiger partial charge in [0.05, 0.1) is 11.1 Å². The Morgan fingerprint density at radius 2 is 1.84 bits per heavy atom. The van der Waals surface area contributed by atoms with E-state index in [2.05, 4.69) is 9.97 Å². The van der Waals surface area contributed by atoms with Crippen molar-refractivity contribution in [1.29, 1.82) is 0 Å². The molecule has 0 N–H and O–H groups in total. The molecule has 1 atom stereocenters. The number of amides is 2. The average Bonchev–Trinajstić information content (AvgIpc) is 3.68. The normalized spacial score (nSPS) is 19.0. The second-order valence-corrected chi connectivity index (χ2v) is 10.7. The van der Waals surface area contributed by atoms with Crippen LogP contribution in [0.1, 0.15) is 34.6 Å². The molecule has 2 aliphatic rings. The van der Waals surface area contributed by atoms with Crippen LogP contribution in [0.2, 0.25) is 0 Å². The molecule has 2 saturated heterocycles. The van der Waals surface area contributed by atoms with Crippen molar-refractivity contribution in [2.45, 2.75) is 25.4 Å². The van der Waals surface area contributed by atoms with Gasteiger partial charge in [0.1, 0.15) is 5.82 Å². The fourth-order valence-corrected chi connectivity index (χ4v) is 6.13. The lowest BCUT2D eigenvalue weighted by Crippen LogP contribution is -2.40. The highest BCUT2D eigenvalue weighted by atomic mass is 32.1. The monoisotopic (exact) mass is 539 g/mol. The summed E-state index contributed by atoms with van der Waals surface area (Å²) in [4.78, 5) is 37.4. The molecule has 0 aliphatic carbocycles. The molecule has 196 valence electrons. The van der Waals surface area contributed by atoms with E-state index >= 15 is 0 Å². The second kappa shape index (κ2) is 9.54. The van der Waals surface area contributed by atoms with E-state index in [9.17, 15) is 22.8 Å². The molecule has 1 unspecified atom stereocenters. The SMILES string of the molecule is O=C(c1nccs1)N1CCC(C2CC(=O)N(c3ccc4c(ccn4-c4ccc(C(F)(F)F)cn4)c3)C2)CC1. The number of hydrogen-bond donors (Lipinski definition) is 0. The van der Waals surface area contributed by atoms with Crippen LogP contribution in [0.4, 0.5) is 18.9 Å². The Kier molecular flexibility index (Phi) is 6.17. The Hall–Kier alpha value is -3.73. The molecule has 4 aromatic rings. The van der Waals surface area contributed by atoms with Gasteiger partial charge in [-0.15, -0.1) is 11.3 Å². The van der Waals surface area contributed by atoms with Crippen LogP contribution in [0.25, 0.3) is 16.7 Å². The number of thiazole rings is 1. The molecular formula is C27H24F3N5O2S. The topological polar surface area (TPSA) is 71.3 Å². The molecule has 3 aromatic heterocycles. The molecule has 0 saturated carbocycles. The van der Waals surface area contributed by atoms with Crippen LogP contribution in [0.3, 0.4) is 0 Å². The Morgan fingerprint density at radius 3 is 2.53 bits per heavy atom. The van der Waals surface area contributed by atoms with E-state index in [-0.39, 0.29) is 17.7 Å². The van der Waals surface area contributed by atoms with E-state index in [4.69, 9.17) is 0 Å². The molecule has 2 amide bonds. The molecule has 2 fully saturated rings. The minimum Gasteiger partial charge on any atom is -0.337 e. The van der Waals surface area contributed by atoms with E-state index in [1.165, 1.54) is 17.4 Å². The van der Waals surface area contributed by atoms with Gasteiger partial charge in [-0.2, -0.15) is 13.2 Å². The first-order valence-electron chi connectivity index (χ1n) is 12.4. The van der Waals surface area contributed by atoms with Gasteiger partial charge in [0.15, 0.2) is 5.01 Å². The van der Waals surface area contributed by atoms with Gasteiger partial charge in [-0.3, -0.25) is 9.59 Å². The Labute approximate surface area is 220 Å². The van der Waals surface area contributed by atoms with Crippen molar-refractivity contribution < 1.29 is 22.8 Å². The fraction of sp³-hybridized carbons (Fsp3) is 0.333. The maximum atomic E-state index is 13.0. The number of halogens is 3. The highest BCUT2D eigenvalue weighted by Crippen LogP contribution is 2.36. The van der Waals surface area contributed by atoms with Gasteiger partial charge >= 0.3 is 6.18 Å². The molecule has 7 nitrogen and oxygen atoms in total. The number of nitrogens with zero attached hydrogens (tertiary/aromatic N) is 5. The average molecular weight is 540 g/mol. The first-order chi connectivity index (χ1) is 18.3. The highest BCUT2D eigenvalue weighted by Gasteiger charge is 2.38. The number of rotatable bonds is 4. The molecule has 6 rings (SSSR count). The number of benzene rings is 1. The van der Waals surface area contributed by atoms with Crippen molar-refractivity contribution in [2.75, 3.05) is 24.5 Å². The second-order valence-electron chi connectivity index (χ2n) is 9.77. The molecule has 5 heterocycles. The van der Waals surface area contributed by atoms with E-state index in [0.717, 1.165) is 41.7 Å². The standard InChI is InChI=1S/C27H24F3N5O2S/c28-27(29,30)20-1-4-23(32-15-20)34-11-7-18-13-21(2-3-22(18)34)35-16-19(14-24(35)36)17-5-9-33(10-6-17)26(37)25-31-8-12-38-25/h1-4,7-8,11-13,15,17,19H,5-6,9-10,14,16H2. The van der Waals surface area contributed by atoms with E-state index < -0.39 is 11.7 Å². The number of carbonyl (C=O) groups is 2. The zero-order chi connectivity index (χ0) is 26.4. The lowest BCUT2D eigenvalue weighted by molar-refractivity contribution is -0.137. The number of fused-ring (bicyclic) bond motifs is 1. The van der Waals surface area contributed by atoms with Crippen LogP contribution < -0.4 is 4.90 Å². The predicted molar refractivity (Wildman–Crippen MR) is 137 cm³/mol. The third-order valence-corrected chi connectivity index (χ3v) is 8.33. The quantitative estimate of drug-likeness (QED) is 0.348. The summed E-state index contributed by atoms with van der Waals surface area (Å²) in [5.74, 6) is 1.06. The van der Waals surface area contributed by atoms with Crippen molar-refractivity contribution >= 4 is 39.7 Å². The first-order valence-corrected chi connectivity index (χ1v) is 13.3. The van der Waals surface area contributed by atoms with Crippen molar-refractivity contribution in [2.24, 2.45) is 11.8 Å². The van der Waals surface area contributed by atoms with Gasteiger partial charge < -0.3 is 14.4 Å². The number of piperidine rings is 1. The zero-order valence-electron chi connectivity index (χ0n) is 20.3.